The number of halogens is 1. The Morgan fingerprint density at radius 1 is 1.29 bits per heavy atom. The van der Waals surface area contributed by atoms with E-state index in [-0.39, 0.29) is 24.1 Å². The van der Waals surface area contributed by atoms with Gasteiger partial charge in [0.15, 0.2) is 0 Å². The van der Waals surface area contributed by atoms with Crippen molar-refractivity contribution < 1.29 is 0 Å². The molecule has 1 atom stereocenters. The number of aromatic amines is 1. The molecule has 5 heteroatoms. The van der Waals surface area contributed by atoms with E-state index in [9.17, 15) is 4.79 Å². The molecule has 4 nitrogen and oxygen atoms in total. The van der Waals surface area contributed by atoms with Crippen molar-refractivity contribution in [2.75, 3.05) is 13.1 Å². The summed E-state index contributed by atoms with van der Waals surface area (Å²) < 4.78 is 1.89. The van der Waals surface area contributed by atoms with Crippen LogP contribution in [0.2, 0.25) is 0 Å². The number of hydrogen-bond acceptors (Lipinski definition) is 2. The van der Waals surface area contributed by atoms with Crippen LogP contribution in [0.1, 0.15) is 18.9 Å². The Hall–Kier alpha value is -1.26. The van der Waals surface area contributed by atoms with Gasteiger partial charge in [0.1, 0.15) is 0 Å². The summed E-state index contributed by atoms with van der Waals surface area (Å²) >= 11 is 0. The molecule has 17 heavy (non-hydrogen) atoms. The van der Waals surface area contributed by atoms with E-state index in [0.717, 1.165) is 37.0 Å². The molecular formula is C12H16ClN3O. The van der Waals surface area contributed by atoms with Gasteiger partial charge in [-0.1, -0.05) is 12.1 Å². The molecular weight excluding hydrogens is 238 g/mol. The molecule has 0 amide bonds. The van der Waals surface area contributed by atoms with E-state index >= 15 is 0 Å². The monoisotopic (exact) mass is 253 g/mol. The lowest BCUT2D eigenvalue weighted by atomic mass is 10.1. The average molecular weight is 254 g/mol. The van der Waals surface area contributed by atoms with Crippen molar-refractivity contribution in [1.82, 2.24) is 14.9 Å². The van der Waals surface area contributed by atoms with Crippen LogP contribution in [-0.4, -0.2) is 22.6 Å². The highest BCUT2D eigenvalue weighted by Gasteiger charge is 2.18. The molecule has 1 unspecified atom stereocenters. The topological polar surface area (TPSA) is 49.8 Å². The molecule has 3 rings (SSSR count). The first-order valence-corrected chi connectivity index (χ1v) is 5.76. The maximum atomic E-state index is 11.9. The number of nitrogens with zero attached hydrogens (tertiary/aromatic N) is 1. The van der Waals surface area contributed by atoms with Gasteiger partial charge in [0.05, 0.1) is 17.1 Å². The van der Waals surface area contributed by atoms with Crippen LogP contribution in [0.15, 0.2) is 29.1 Å². The molecule has 2 heterocycles. The maximum Gasteiger partial charge on any atom is 0.326 e. The number of hydrogen-bond donors (Lipinski definition) is 2. The van der Waals surface area contributed by atoms with Crippen LogP contribution in [-0.2, 0) is 0 Å². The van der Waals surface area contributed by atoms with E-state index < -0.39 is 0 Å². The van der Waals surface area contributed by atoms with Crippen LogP contribution in [0, 0.1) is 0 Å². The van der Waals surface area contributed by atoms with Crippen LogP contribution in [0.4, 0.5) is 0 Å². The van der Waals surface area contributed by atoms with Crippen molar-refractivity contribution in [3.05, 3.63) is 34.7 Å². The molecule has 0 aliphatic carbocycles. The molecule has 1 saturated heterocycles. The van der Waals surface area contributed by atoms with Crippen molar-refractivity contribution in [2.24, 2.45) is 0 Å². The number of piperidine rings is 1. The molecule has 0 radical (unpaired) electrons. The Bertz CT molecular complexity index is 554. The van der Waals surface area contributed by atoms with E-state index in [0.29, 0.717) is 0 Å². The third kappa shape index (κ3) is 2.10. The molecule has 1 aliphatic heterocycles. The van der Waals surface area contributed by atoms with Gasteiger partial charge in [-0.3, -0.25) is 4.57 Å². The Balaban J connectivity index is 0.00000108. The number of H-pyrrole nitrogens is 1. The van der Waals surface area contributed by atoms with Gasteiger partial charge in [-0.25, -0.2) is 4.79 Å². The molecule has 2 aromatic rings. The van der Waals surface area contributed by atoms with Crippen molar-refractivity contribution in [1.29, 1.82) is 0 Å². The van der Waals surface area contributed by atoms with Gasteiger partial charge < -0.3 is 10.3 Å². The van der Waals surface area contributed by atoms with Gasteiger partial charge in [0.2, 0.25) is 0 Å². The number of fused-ring (bicyclic) bond motifs is 1. The summed E-state index contributed by atoms with van der Waals surface area (Å²) in [5.41, 5.74) is 1.95. The highest BCUT2D eigenvalue weighted by molar-refractivity contribution is 5.85. The lowest BCUT2D eigenvalue weighted by molar-refractivity contribution is 0.372. The lowest BCUT2D eigenvalue weighted by Crippen LogP contribution is -2.35. The number of benzene rings is 1. The second kappa shape index (κ2) is 4.94. The summed E-state index contributed by atoms with van der Waals surface area (Å²) in [6.07, 6.45) is 2.21. The van der Waals surface area contributed by atoms with Crippen LogP contribution < -0.4 is 11.0 Å². The average Bonchev–Trinajstić information content (AvgIpc) is 2.66. The first-order chi connectivity index (χ1) is 7.86. The van der Waals surface area contributed by atoms with Crippen molar-refractivity contribution in [2.45, 2.75) is 18.9 Å². The predicted octanol–water partition coefficient (Wildman–Crippen LogP) is 1.68. The number of para-hydroxylation sites is 2. The van der Waals surface area contributed by atoms with Gasteiger partial charge in [-0.15, -0.1) is 12.4 Å². The third-order valence-corrected chi connectivity index (χ3v) is 3.26. The van der Waals surface area contributed by atoms with E-state index in [2.05, 4.69) is 10.3 Å². The highest BCUT2D eigenvalue weighted by atomic mass is 35.5. The van der Waals surface area contributed by atoms with Gasteiger partial charge >= 0.3 is 5.69 Å². The minimum Gasteiger partial charge on any atom is -0.315 e. The van der Waals surface area contributed by atoms with E-state index in [4.69, 9.17) is 0 Å². The Morgan fingerprint density at radius 3 is 2.88 bits per heavy atom. The normalized spacial score (nSPS) is 20.1. The van der Waals surface area contributed by atoms with Crippen LogP contribution in [0.25, 0.3) is 11.0 Å². The smallest absolute Gasteiger partial charge is 0.315 e. The number of nitrogens with one attached hydrogen (secondary N) is 2. The van der Waals surface area contributed by atoms with Crippen molar-refractivity contribution in [3.8, 4) is 0 Å². The number of aromatic nitrogens is 2. The van der Waals surface area contributed by atoms with Crippen molar-refractivity contribution in [3.63, 3.8) is 0 Å². The quantitative estimate of drug-likeness (QED) is 0.812. The Kier molecular flexibility index (Phi) is 3.54. The van der Waals surface area contributed by atoms with Gasteiger partial charge in [-0.2, -0.15) is 0 Å². The molecule has 1 aliphatic rings. The summed E-state index contributed by atoms with van der Waals surface area (Å²) in [4.78, 5) is 14.8. The Labute approximate surface area is 105 Å². The standard InChI is InChI=1S/C12H15N3O.ClH/c16-12-14-10-5-1-2-6-11(10)15(12)9-4-3-7-13-8-9;/h1-2,5-6,9,13H,3-4,7-8H2,(H,14,16);1H. The summed E-state index contributed by atoms with van der Waals surface area (Å²) in [6.45, 7) is 1.95. The summed E-state index contributed by atoms with van der Waals surface area (Å²) in [6, 6.07) is 8.16. The third-order valence-electron chi connectivity index (χ3n) is 3.26. The zero-order valence-electron chi connectivity index (χ0n) is 9.48. The maximum absolute atomic E-state index is 11.9. The molecule has 2 N–H and O–H groups in total. The first-order valence-electron chi connectivity index (χ1n) is 5.76. The second-order valence-corrected chi connectivity index (χ2v) is 4.32. The SMILES string of the molecule is Cl.O=c1[nH]c2ccccc2n1C1CCCNC1. The summed E-state index contributed by atoms with van der Waals surface area (Å²) in [7, 11) is 0. The molecule has 1 aromatic carbocycles. The number of imidazole rings is 1. The first kappa shape index (κ1) is 12.2. The van der Waals surface area contributed by atoms with Crippen LogP contribution >= 0.6 is 12.4 Å². The highest BCUT2D eigenvalue weighted by Crippen LogP contribution is 2.19. The van der Waals surface area contributed by atoms with Crippen molar-refractivity contribution >= 4 is 23.4 Å². The molecule has 92 valence electrons. The fourth-order valence-corrected chi connectivity index (χ4v) is 2.49. The molecule has 0 spiro atoms. The summed E-state index contributed by atoms with van der Waals surface area (Å²) in [5, 5.41) is 3.34. The largest absolute Gasteiger partial charge is 0.326 e. The van der Waals surface area contributed by atoms with Gasteiger partial charge in [0.25, 0.3) is 0 Å². The molecule has 0 saturated carbocycles. The lowest BCUT2D eigenvalue weighted by Gasteiger charge is -2.23. The second-order valence-electron chi connectivity index (χ2n) is 4.32. The van der Waals surface area contributed by atoms with Crippen LogP contribution in [0.5, 0.6) is 0 Å². The van der Waals surface area contributed by atoms with E-state index in [1.54, 1.807) is 0 Å². The van der Waals surface area contributed by atoms with E-state index in [1.807, 2.05) is 28.8 Å². The zero-order chi connectivity index (χ0) is 11.0. The summed E-state index contributed by atoms with van der Waals surface area (Å²) in [5.74, 6) is 0. The van der Waals surface area contributed by atoms with E-state index in [1.165, 1.54) is 0 Å². The molecule has 0 bridgehead atoms. The van der Waals surface area contributed by atoms with Gasteiger partial charge in [-0.05, 0) is 31.5 Å². The minimum atomic E-state index is 0. The zero-order valence-corrected chi connectivity index (χ0v) is 10.3. The number of rotatable bonds is 1. The predicted molar refractivity (Wildman–Crippen MR) is 70.9 cm³/mol. The molecule has 1 aromatic heterocycles. The Morgan fingerprint density at radius 2 is 2.12 bits per heavy atom. The minimum absolute atomic E-state index is 0. The fraction of sp³-hybridized carbons (Fsp3) is 0.417. The van der Waals surface area contributed by atoms with Crippen LogP contribution in [0.3, 0.4) is 0 Å². The fourth-order valence-electron chi connectivity index (χ4n) is 2.49. The van der Waals surface area contributed by atoms with Gasteiger partial charge in [0, 0.05) is 6.54 Å². The molecule has 1 fully saturated rings.